The van der Waals surface area contributed by atoms with Gasteiger partial charge in [0.1, 0.15) is 19.0 Å². The monoisotopic (exact) mass is 401 g/mol. The molecular weight excluding hydrogens is 382 g/mol. The van der Waals surface area contributed by atoms with Crippen molar-refractivity contribution in [1.29, 1.82) is 0 Å². The smallest absolute Gasteiger partial charge is 0.338 e. The van der Waals surface area contributed by atoms with Gasteiger partial charge in [-0.1, -0.05) is 35.0 Å². The van der Waals surface area contributed by atoms with E-state index in [1.54, 1.807) is 38.1 Å². The van der Waals surface area contributed by atoms with Crippen molar-refractivity contribution in [3.8, 4) is 11.5 Å². The maximum Gasteiger partial charge on any atom is 0.338 e. The Morgan fingerprint density at radius 2 is 1.89 bits per heavy atom. The largest absolute Gasteiger partial charge is 0.493 e. The molecule has 0 aliphatic rings. The summed E-state index contributed by atoms with van der Waals surface area (Å²) in [6.45, 7) is 3.95. The molecule has 6 nitrogen and oxygen atoms in total. The van der Waals surface area contributed by atoms with Crippen LogP contribution in [0.3, 0.4) is 0 Å². The molecule has 0 aliphatic carbocycles. The minimum absolute atomic E-state index is 0.0904. The van der Waals surface area contributed by atoms with E-state index in [2.05, 4.69) is 5.16 Å². The molecule has 0 spiro atoms. The number of hydrogen-bond acceptors (Lipinski definition) is 6. The van der Waals surface area contributed by atoms with Crippen LogP contribution in [0, 0.1) is 13.8 Å². The molecule has 3 rings (SSSR count). The predicted molar refractivity (Wildman–Crippen MR) is 104 cm³/mol. The molecule has 0 atom stereocenters. The number of aromatic nitrogens is 1. The van der Waals surface area contributed by atoms with Crippen molar-refractivity contribution in [2.24, 2.45) is 0 Å². The summed E-state index contributed by atoms with van der Waals surface area (Å²) in [6, 6.07) is 12.3. The zero-order valence-corrected chi connectivity index (χ0v) is 16.6. The zero-order valence-electron chi connectivity index (χ0n) is 15.8. The molecule has 0 N–H and O–H groups in total. The predicted octanol–water partition coefficient (Wildman–Crippen LogP) is 4.89. The van der Waals surface area contributed by atoms with Crippen molar-refractivity contribution < 1.29 is 23.5 Å². The van der Waals surface area contributed by atoms with Crippen LogP contribution in [0.1, 0.15) is 32.9 Å². The molecule has 0 amide bonds. The maximum atomic E-state index is 12.4. The van der Waals surface area contributed by atoms with Crippen LogP contribution in [-0.4, -0.2) is 18.2 Å². The first-order valence-electron chi connectivity index (χ1n) is 8.62. The molecule has 7 heteroatoms. The molecular formula is C21H20ClNO5. The van der Waals surface area contributed by atoms with Crippen molar-refractivity contribution >= 4 is 17.6 Å². The van der Waals surface area contributed by atoms with E-state index in [4.69, 9.17) is 30.3 Å². The number of hydrogen-bond donors (Lipinski definition) is 0. The maximum absolute atomic E-state index is 12.4. The third kappa shape index (κ3) is 4.46. The van der Waals surface area contributed by atoms with Crippen molar-refractivity contribution in [3.63, 3.8) is 0 Å². The number of rotatable bonds is 7. The number of benzene rings is 2. The third-order valence-corrected chi connectivity index (χ3v) is 4.64. The van der Waals surface area contributed by atoms with Gasteiger partial charge in [-0.2, -0.15) is 0 Å². The average molecular weight is 402 g/mol. The Labute approximate surface area is 168 Å². The Bertz CT molecular complexity index is 963. The molecule has 146 valence electrons. The third-order valence-electron chi connectivity index (χ3n) is 4.27. The summed E-state index contributed by atoms with van der Waals surface area (Å²) in [4.78, 5) is 12.4. The van der Waals surface area contributed by atoms with Gasteiger partial charge >= 0.3 is 5.97 Å². The first kappa shape index (κ1) is 19.8. The molecule has 0 saturated heterocycles. The van der Waals surface area contributed by atoms with Gasteiger partial charge in [0.2, 0.25) is 0 Å². The van der Waals surface area contributed by atoms with E-state index < -0.39 is 5.97 Å². The highest BCUT2D eigenvalue weighted by Crippen LogP contribution is 2.30. The molecule has 0 radical (unpaired) electrons. The van der Waals surface area contributed by atoms with Crippen molar-refractivity contribution in [1.82, 2.24) is 5.16 Å². The van der Waals surface area contributed by atoms with Gasteiger partial charge in [-0.05, 0) is 38.1 Å². The lowest BCUT2D eigenvalue weighted by molar-refractivity contribution is 0.0470. The van der Waals surface area contributed by atoms with Crippen LogP contribution < -0.4 is 9.47 Å². The zero-order chi connectivity index (χ0) is 20.1. The molecule has 0 unspecified atom stereocenters. The molecule has 0 fully saturated rings. The number of halogens is 1. The van der Waals surface area contributed by atoms with Gasteiger partial charge in [0.25, 0.3) is 0 Å². The van der Waals surface area contributed by atoms with E-state index in [1.165, 1.54) is 7.11 Å². The van der Waals surface area contributed by atoms with Gasteiger partial charge in [-0.15, -0.1) is 0 Å². The Hall–Kier alpha value is -2.99. The van der Waals surface area contributed by atoms with Crippen molar-refractivity contribution in [2.75, 3.05) is 7.11 Å². The Morgan fingerprint density at radius 1 is 1.11 bits per heavy atom. The standard InChI is InChI=1S/C21H20ClNO5/c1-13-17(14(2)28-23-13)12-27-21(24)15-8-9-19(20(10-15)25-3)26-11-16-6-4-5-7-18(16)22/h4-10H,11-12H2,1-3H3. The Morgan fingerprint density at radius 3 is 2.57 bits per heavy atom. The normalized spacial score (nSPS) is 10.6. The molecule has 0 bridgehead atoms. The summed E-state index contributed by atoms with van der Waals surface area (Å²) < 4.78 is 21.6. The molecule has 1 heterocycles. The van der Waals surface area contributed by atoms with Gasteiger partial charge in [-0.25, -0.2) is 4.79 Å². The van der Waals surface area contributed by atoms with Crippen LogP contribution in [0.2, 0.25) is 5.02 Å². The summed E-state index contributed by atoms with van der Waals surface area (Å²) in [5, 5.41) is 4.47. The van der Waals surface area contributed by atoms with Crippen LogP contribution in [0.4, 0.5) is 0 Å². The van der Waals surface area contributed by atoms with E-state index in [9.17, 15) is 4.79 Å². The van der Waals surface area contributed by atoms with Crippen LogP contribution in [0.5, 0.6) is 11.5 Å². The minimum Gasteiger partial charge on any atom is -0.493 e. The van der Waals surface area contributed by atoms with Gasteiger partial charge in [-0.3, -0.25) is 0 Å². The first-order valence-corrected chi connectivity index (χ1v) is 9.00. The van der Waals surface area contributed by atoms with Crippen molar-refractivity contribution in [3.05, 3.63) is 75.6 Å². The van der Waals surface area contributed by atoms with Crippen LogP contribution in [-0.2, 0) is 18.0 Å². The lowest BCUT2D eigenvalue weighted by Gasteiger charge is -2.13. The summed E-state index contributed by atoms with van der Waals surface area (Å²) >= 11 is 6.15. The van der Waals surface area contributed by atoms with Gasteiger partial charge in [0, 0.05) is 10.6 Å². The van der Waals surface area contributed by atoms with Crippen LogP contribution >= 0.6 is 11.6 Å². The second-order valence-electron chi connectivity index (χ2n) is 6.12. The number of carbonyl (C=O) groups is 1. The van der Waals surface area contributed by atoms with Gasteiger partial charge < -0.3 is 18.7 Å². The van der Waals surface area contributed by atoms with E-state index in [-0.39, 0.29) is 13.2 Å². The number of esters is 1. The summed E-state index contributed by atoms with van der Waals surface area (Å²) in [5.41, 5.74) is 2.68. The topological polar surface area (TPSA) is 70.8 Å². The Kier molecular flexibility index (Phi) is 6.21. The van der Waals surface area contributed by atoms with Crippen LogP contribution in [0.25, 0.3) is 0 Å². The number of ether oxygens (including phenoxy) is 3. The average Bonchev–Trinajstić information content (AvgIpc) is 3.03. The highest BCUT2D eigenvalue weighted by atomic mass is 35.5. The number of methoxy groups -OCH3 is 1. The summed E-state index contributed by atoms with van der Waals surface area (Å²) in [5.74, 6) is 1.09. The molecule has 1 aromatic heterocycles. The van der Waals surface area contributed by atoms with E-state index in [1.807, 2.05) is 18.2 Å². The molecule has 28 heavy (non-hydrogen) atoms. The fourth-order valence-electron chi connectivity index (χ4n) is 2.61. The lowest BCUT2D eigenvalue weighted by Crippen LogP contribution is -2.07. The highest BCUT2D eigenvalue weighted by Gasteiger charge is 2.16. The Balaban J connectivity index is 1.68. The fourth-order valence-corrected chi connectivity index (χ4v) is 2.80. The summed E-state index contributed by atoms with van der Waals surface area (Å²) in [6.07, 6.45) is 0. The summed E-state index contributed by atoms with van der Waals surface area (Å²) in [7, 11) is 1.51. The minimum atomic E-state index is -0.476. The lowest BCUT2D eigenvalue weighted by atomic mass is 10.2. The molecule has 3 aromatic rings. The number of aryl methyl sites for hydroxylation is 2. The SMILES string of the molecule is COc1cc(C(=O)OCc2c(C)noc2C)ccc1OCc1ccccc1Cl. The number of carbonyl (C=O) groups excluding carboxylic acids is 1. The van der Waals surface area contributed by atoms with Crippen molar-refractivity contribution in [2.45, 2.75) is 27.1 Å². The second-order valence-corrected chi connectivity index (χ2v) is 6.53. The molecule has 0 saturated carbocycles. The molecule has 2 aromatic carbocycles. The first-order chi connectivity index (χ1) is 13.5. The van der Waals surface area contributed by atoms with E-state index in [0.29, 0.717) is 33.5 Å². The van der Waals surface area contributed by atoms with Gasteiger partial charge in [0.05, 0.1) is 23.9 Å². The fraction of sp³-hybridized carbons (Fsp3) is 0.238. The highest BCUT2D eigenvalue weighted by molar-refractivity contribution is 6.31. The quantitative estimate of drug-likeness (QED) is 0.525. The van der Waals surface area contributed by atoms with Gasteiger partial charge in [0.15, 0.2) is 11.5 Å². The molecule has 0 aliphatic heterocycles. The van der Waals surface area contributed by atoms with E-state index in [0.717, 1.165) is 11.1 Å². The number of nitrogens with zero attached hydrogens (tertiary/aromatic N) is 1. The van der Waals surface area contributed by atoms with E-state index >= 15 is 0 Å². The van der Waals surface area contributed by atoms with Crippen LogP contribution in [0.15, 0.2) is 47.0 Å². The second kappa shape index (κ2) is 8.80.